The second-order valence-electron chi connectivity index (χ2n) is 3.31. The predicted octanol–water partition coefficient (Wildman–Crippen LogP) is 3.56. The molecule has 0 saturated heterocycles. The van der Waals surface area contributed by atoms with Crippen molar-refractivity contribution in [3.05, 3.63) is 46.9 Å². The number of halogens is 1. The number of pyridine rings is 1. The fourth-order valence-corrected chi connectivity index (χ4v) is 1.73. The third kappa shape index (κ3) is 2.71. The first-order valence-electron chi connectivity index (χ1n) is 5.64. The summed E-state index contributed by atoms with van der Waals surface area (Å²) in [5.74, 6) is -0.570. The maximum Gasteiger partial charge on any atom is 0.352 e. The number of nitrogens with zero attached hydrogens (tertiary/aromatic N) is 2. The maximum absolute atomic E-state index is 11.0. The lowest BCUT2D eigenvalue weighted by Gasteiger charge is -2.09. The van der Waals surface area contributed by atoms with Crippen LogP contribution in [0, 0.1) is 6.92 Å². The van der Waals surface area contributed by atoms with E-state index in [-0.39, 0.29) is 5.69 Å². The number of rotatable bonds is 2. The van der Waals surface area contributed by atoms with Gasteiger partial charge >= 0.3 is 5.97 Å². The summed E-state index contributed by atoms with van der Waals surface area (Å²) < 4.78 is 1.52. The Balaban J connectivity index is 0.000000771. The van der Waals surface area contributed by atoms with Crippen LogP contribution in [0.5, 0.6) is 0 Å². The number of carboxylic acids is 1. The predicted molar refractivity (Wildman–Crippen MR) is 71.6 cm³/mol. The Morgan fingerprint density at radius 3 is 2.56 bits per heavy atom. The molecule has 0 bridgehead atoms. The van der Waals surface area contributed by atoms with Crippen molar-refractivity contribution in [2.75, 3.05) is 0 Å². The summed E-state index contributed by atoms with van der Waals surface area (Å²) in [6.07, 6.45) is 1.58. The molecule has 0 unspecified atom stereocenters. The monoisotopic (exact) mass is 266 g/mol. The fraction of sp³-hybridized carbons (Fsp3) is 0.231. The molecule has 96 valence electrons. The first-order valence-corrected chi connectivity index (χ1v) is 6.01. The van der Waals surface area contributed by atoms with E-state index in [0.717, 1.165) is 5.69 Å². The zero-order valence-corrected chi connectivity index (χ0v) is 11.3. The first kappa shape index (κ1) is 14.3. The minimum atomic E-state index is -1.00. The van der Waals surface area contributed by atoms with Crippen molar-refractivity contribution in [1.82, 2.24) is 9.55 Å². The molecule has 0 saturated carbocycles. The Labute approximate surface area is 111 Å². The minimum absolute atomic E-state index is 0.151. The van der Waals surface area contributed by atoms with Crippen molar-refractivity contribution in [3.63, 3.8) is 0 Å². The van der Waals surface area contributed by atoms with E-state index in [1.54, 1.807) is 31.3 Å². The van der Waals surface area contributed by atoms with Crippen LogP contribution < -0.4 is 0 Å². The van der Waals surface area contributed by atoms with Crippen LogP contribution in [0.25, 0.3) is 5.82 Å². The molecule has 2 rings (SSSR count). The lowest BCUT2D eigenvalue weighted by atomic mass is 10.4. The van der Waals surface area contributed by atoms with Crippen molar-refractivity contribution in [2.24, 2.45) is 0 Å². The lowest BCUT2D eigenvalue weighted by Crippen LogP contribution is -2.09. The highest BCUT2D eigenvalue weighted by molar-refractivity contribution is 6.32. The van der Waals surface area contributed by atoms with E-state index < -0.39 is 5.97 Å². The van der Waals surface area contributed by atoms with E-state index in [4.69, 9.17) is 16.7 Å². The molecule has 0 aliphatic carbocycles. The van der Waals surface area contributed by atoms with Crippen LogP contribution in [0.1, 0.15) is 30.0 Å². The second kappa shape index (κ2) is 6.21. The molecule has 0 aliphatic heterocycles. The number of carbonyl (C=O) groups is 1. The van der Waals surface area contributed by atoms with E-state index in [1.807, 2.05) is 13.8 Å². The van der Waals surface area contributed by atoms with Gasteiger partial charge in [-0.05, 0) is 31.2 Å². The number of aryl methyl sites for hydroxylation is 1. The Bertz CT molecular complexity index is 550. The summed E-state index contributed by atoms with van der Waals surface area (Å²) in [4.78, 5) is 15.1. The molecule has 2 heterocycles. The third-order valence-electron chi connectivity index (χ3n) is 2.25. The zero-order valence-electron chi connectivity index (χ0n) is 10.5. The molecule has 0 fully saturated rings. The van der Waals surface area contributed by atoms with Gasteiger partial charge in [-0.2, -0.15) is 0 Å². The number of hydrogen-bond acceptors (Lipinski definition) is 2. The Kier molecular flexibility index (Phi) is 4.92. The minimum Gasteiger partial charge on any atom is -0.477 e. The molecule has 0 aromatic carbocycles. The zero-order chi connectivity index (χ0) is 13.7. The van der Waals surface area contributed by atoms with Gasteiger partial charge in [0.2, 0.25) is 0 Å². The smallest absolute Gasteiger partial charge is 0.352 e. The van der Waals surface area contributed by atoms with Crippen LogP contribution >= 0.6 is 11.6 Å². The number of aromatic nitrogens is 2. The molecule has 2 aromatic rings. The molecule has 5 heteroatoms. The van der Waals surface area contributed by atoms with Gasteiger partial charge in [0.25, 0.3) is 0 Å². The second-order valence-corrected chi connectivity index (χ2v) is 3.72. The molecule has 0 radical (unpaired) electrons. The van der Waals surface area contributed by atoms with E-state index in [9.17, 15) is 4.79 Å². The largest absolute Gasteiger partial charge is 0.477 e. The van der Waals surface area contributed by atoms with Crippen molar-refractivity contribution in [2.45, 2.75) is 20.8 Å². The topological polar surface area (TPSA) is 55.1 Å². The molecule has 4 nitrogen and oxygen atoms in total. The summed E-state index contributed by atoms with van der Waals surface area (Å²) in [7, 11) is 0. The highest BCUT2D eigenvalue weighted by Crippen LogP contribution is 2.21. The SMILES string of the molecule is CC.Cc1ccc(C(=O)O)n1-c1ncccc1Cl. The van der Waals surface area contributed by atoms with Crippen molar-refractivity contribution in [3.8, 4) is 5.82 Å². The highest BCUT2D eigenvalue weighted by atomic mass is 35.5. The van der Waals surface area contributed by atoms with Crippen molar-refractivity contribution < 1.29 is 9.90 Å². The average molecular weight is 267 g/mol. The van der Waals surface area contributed by atoms with Gasteiger partial charge in [-0.15, -0.1) is 0 Å². The van der Waals surface area contributed by atoms with E-state index in [0.29, 0.717) is 10.8 Å². The Morgan fingerprint density at radius 2 is 2.00 bits per heavy atom. The number of carboxylic acid groups (broad SMARTS) is 1. The van der Waals surface area contributed by atoms with Crippen LogP contribution in [0.4, 0.5) is 0 Å². The molecule has 0 aliphatic rings. The van der Waals surface area contributed by atoms with Crippen LogP contribution in [0.2, 0.25) is 5.02 Å². The van der Waals surface area contributed by atoms with E-state index in [2.05, 4.69) is 4.98 Å². The lowest BCUT2D eigenvalue weighted by molar-refractivity contribution is 0.0688. The van der Waals surface area contributed by atoms with Gasteiger partial charge < -0.3 is 5.11 Å². The van der Waals surface area contributed by atoms with E-state index >= 15 is 0 Å². The summed E-state index contributed by atoms with van der Waals surface area (Å²) in [5, 5.41) is 9.46. The van der Waals surface area contributed by atoms with Crippen LogP contribution in [0.3, 0.4) is 0 Å². The van der Waals surface area contributed by atoms with Gasteiger partial charge in [-0.1, -0.05) is 25.4 Å². The van der Waals surface area contributed by atoms with Gasteiger partial charge in [0.15, 0.2) is 5.82 Å². The molecular weight excluding hydrogens is 252 g/mol. The standard InChI is InChI=1S/C11H9ClN2O2.C2H6/c1-7-4-5-9(11(15)16)14(7)10-8(12)3-2-6-13-10;1-2/h2-6H,1H3,(H,15,16);1-2H3. The molecule has 2 aromatic heterocycles. The molecule has 1 N–H and O–H groups in total. The molecular formula is C13H15ClN2O2. The summed E-state index contributed by atoms with van der Waals surface area (Å²) in [6, 6.07) is 6.62. The van der Waals surface area contributed by atoms with Gasteiger partial charge in [-0.3, -0.25) is 4.57 Å². The summed E-state index contributed by atoms with van der Waals surface area (Å²) in [5.41, 5.74) is 0.927. The number of hydrogen-bond donors (Lipinski definition) is 1. The first-order chi connectivity index (χ1) is 8.61. The Hall–Kier alpha value is -1.81. The van der Waals surface area contributed by atoms with Gasteiger partial charge in [0, 0.05) is 11.9 Å². The van der Waals surface area contributed by atoms with Gasteiger partial charge in [-0.25, -0.2) is 9.78 Å². The molecule has 18 heavy (non-hydrogen) atoms. The molecule has 0 atom stereocenters. The number of aromatic carboxylic acids is 1. The molecule has 0 amide bonds. The Morgan fingerprint density at radius 1 is 1.33 bits per heavy atom. The fourth-order valence-electron chi connectivity index (χ4n) is 1.53. The maximum atomic E-state index is 11.0. The highest BCUT2D eigenvalue weighted by Gasteiger charge is 2.15. The quantitative estimate of drug-likeness (QED) is 0.904. The van der Waals surface area contributed by atoms with Crippen LogP contribution in [-0.4, -0.2) is 20.6 Å². The van der Waals surface area contributed by atoms with Gasteiger partial charge in [0.1, 0.15) is 5.69 Å². The normalized spacial score (nSPS) is 9.56. The third-order valence-corrected chi connectivity index (χ3v) is 2.54. The van der Waals surface area contributed by atoms with Crippen LogP contribution in [-0.2, 0) is 0 Å². The summed E-state index contributed by atoms with van der Waals surface area (Å²) >= 11 is 5.99. The van der Waals surface area contributed by atoms with E-state index in [1.165, 1.54) is 10.6 Å². The van der Waals surface area contributed by atoms with Gasteiger partial charge in [0.05, 0.1) is 5.02 Å². The van der Waals surface area contributed by atoms with Crippen molar-refractivity contribution >= 4 is 17.6 Å². The summed E-state index contributed by atoms with van der Waals surface area (Å²) in [6.45, 7) is 5.80. The van der Waals surface area contributed by atoms with Crippen LogP contribution in [0.15, 0.2) is 30.5 Å². The van der Waals surface area contributed by atoms with Crippen molar-refractivity contribution in [1.29, 1.82) is 0 Å². The average Bonchev–Trinajstić information content (AvgIpc) is 2.74. The molecule has 0 spiro atoms.